The van der Waals surface area contributed by atoms with Gasteiger partial charge >= 0.3 is 117 Å². The molecular formula is C11H13F2N2STi. The van der Waals surface area contributed by atoms with E-state index in [2.05, 4.69) is 17.6 Å². The molecule has 1 aromatic carbocycles. The fourth-order valence-corrected chi connectivity index (χ4v) is 1.75. The first kappa shape index (κ1) is 14.5. The van der Waals surface area contributed by atoms with Gasteiger partial charge < -0.3 is 0 Å². The third-order valence-corrected chi connectivity index (χ3v) is 3.12. The molecule has 0 spiro atoms. The number of unbranched alkanes of at least 4 members (excludes halogenated alkanes) is 1. The van der Waals surface area contributed by atoms with Crippen molar-refractivity contribution in [1.29, 1.82) is 0 Å². The zero-order chi connectivity index (χ0) is 12.8. The quantitative estimate of drug-likeness (QED) is 0.505. The van der Waals surface area contributed by atoms with E-state index in [9.17, 15) is 8.78 Å². The number of anilines is 1. The Kier molecular flexibility index (Phi) is 6.02. The molecule has 2 nitrogen and oxygen atoms in total. The summed E-state index contributed by atoms with van der Waals surface area (Å²) in [5, 5.41) is 6.02. The SMILES string of the molecule is CCCCNC(=S)Nc1ccc(F)[c]([Ti])c1F. The standard InChI is InChI=1S/C11H13F2N2S.Ti/c1-2-3-6-14-11(16)15-10-5-4-8(12)7-9(10)13;/h4-5H,2-3,6H2,1H3,(H2,14,15,16);. The molecule has 2 N–H and O–H groups in total. The summed E-state index contributed by atoms with van der Waals surface area (Å²) in [5.41, 5.74) is 0.192. The summed E-state index contributed by atoms with van der Waals surface area (Å²) < 4.78 is 26.6. The van der Waals surface area contributed by atoms with Gasteiger partial charge in [-0.05, 0) is 0 Å². The Bertz CT molecular complexity index is 413. The molecule has 1 aromatic rings. The molecular weight excluding hydrogens is 278 g/mol. The van der Waals surface area contributed by atoms with Crippen LogP contribution in [0, 0.1) is 11.6 Å². The summed E-state index contributed by atoms with van der Waals surface area (Å²) in [6, 6.07) is 2.56. The second-order valence-electron chi connectivity index (χ2n) is 3.52. The van der Waals surface area contributed by atoms with Crippen LogP contribution in [0.5, 0.6) is 0 Å². The summed E-state index contributed by atoms with van der Waals surface area (Å²) in [5.74, 6) is -1.16. The van der Waals surface area contributed by atoms with E-state index in [1.807, 2.05) is 0 Å². The second-order valence-corrected chi connectivity index (χ2v) is 4.71. The first-order chi connectivity index (χ1) is 8.06. The van der Waals surface area contributed by atoms with Crippen LogP contribution in [0.3, 0.4) is 0 Å². The van der Waals surface area contributed by atoms with Crippen molar-refractivity contribution in [2.75, 3.05) is 11.9 Å². The third-order valence-electron chi connectivity index (χ3n) is 2.16. The van der Waals surface area contributed by atoms with E-state index in [0.717, 1.165) is 19.4 Å². The van der Waals surface area contributed by atoms with E-state index in [4.69, 9.17) is 12.2 Å². The van der Waals surface area contributed by atoms with E-state index < -0.39 is 11.6 Å². The van der Waals surface area contributed by atoms with Crippen molar-refractivity contribution in [3.63, 3.8) is 0 Å². The number of thiocarbonyl (C=S) groups is 1. The normalized spacial score (nSPS) is 10.0. The molecule has 91 valence electrons. The topological polar surface area (TPSA) is 24.1 Å². The molecule has 0 heterocycles. The van der Waals surface area contributed by atoms with Crippen molar-refractivity contribution in [2.45, 2.75) is 19.8 Å². The minimum atomic E-state index is -0.607. The molecule has 0 aromatic heterocycles. The Morgan fingerprint density at radius 1 is 1.41 bits per heavy atom. The Balaban J connectivity index is 2.63. The average Bonchev–Trinajstić information content (AvgIpc) is 2.30. The van der Waals surface area contributed by atoms with Gasteiger partial charge in [0, 0.05) is 0 Å². The Morgan fingerprint density at radius 2 is 2.12 bits per heavy atom. The molecule has 1 rings (SSSR count). The molecule has 0 aliphatic rings. The number of nitrogens with one attached hydrogen (secondary N) is 2. The second kappa shape index (κ2) is 7.04. The Morgan fingerprint density at radius 3 is 2.76 bits per heavy atom. The van der Waals surface area contributed by atoms with Crippen LogP contribution in [0.25, 0.3) is 0 Å². The van der Waals surface area contributed by atoms with Crippen molar-refractivity contribution < 1.29 is 29.2 Å². The third kappa shape index (κ3) is 4.34. The van der Waals surface area contributed by atoms with E-state index in [1.165, 1.54) is 32.6 Å². The van der Waals surface area contributed by atoms with Crippen LogP contribution in [-0.4, -0.2) is 11.7 Å². The molecule has 0 saturated carbocycles. The van der Waals surface area contributed by atoms with E-state index in [1.54, 1.807) is 0 Å². The van der Waals surface area contributed by atoms with Crippen LogP contribution in [0.1, 0.15) is 19.8 Å². The maximum atomic E-state index is 13.6. The van der Waals surface area contributed by atoms with E-state index in [-0.39, 0.29) is 9.56 Å². The van der Waals surface area contributed by atoms with Gasteiger partial charge in [0.25, 0.3) is 0 Å². The Labute approximate surface area is 117 Å². The Hall–Kier alpha value is -0.516. The van der Waals surface area contributed by atoms with Gasteiger partial charge in [-0.3, -0.25) is 0 Å². The molecule has 0 amide bonds. The molecule has 0 aliphatic heterocycles. The van der Waals surface area contributed by atoms with Gasteiger partial charge in [-0.1, -0.05) is 0 Å². The van der Waals surface area contributed by atoms with Gasteiger partial charge in [-0.2, -0.15) is 0 Å². The molecule has 0 saturated heterocycles. The van der Waals surface area contributed by atoms with Gasteiger partial charge in [-0.25, -0.2) is 0 Å². The number of hydrogen-bond donors (Lipinski definition) is 2. The predicted molar refractivity (Wildman–Crippen MR) is 65.1 cm³/mol. The molecule has 17 heavy (non-hydrogen) atoms. The van der Waals surface area contributed by atoms with Crippen LogP contribution < -0.4 is 14.5 Å². The predicted octanol–water partition coefficient (Wildman–Crippen LogP) is 2.22. The van der Waals surface area contributed by atoms with Gasteiger partial charge in [0.1, 0.15) is 0 Å². The molecule has 0 unspecified atom stereocenters. The molecule has 0 radical (unpaired) electrons. The van der Waals surface area contributed by atoms with Crippen LogP contribution in [-0.2, 0) is 20.4 Å². The molecule has 6 heteroatoms. The number of halogens is 2. The number of hydrogen-bond acceptors (Lipinski definition) is 1. The molecule has 0 fully saturated rings. The number of rotatable bonds is 4. The first-order valence-corrected chi connectivity index (χ1v) is 6.49. The van der Waals surface area contributed by atoms with Crippen LogP contribution in [0.4, 0.5) is 14.5 Å². The van der Waals surface area contributed by atoms with Crippen molar-refractivity contribution in [1.82, 2.24) is 5.32 Å². The summed E-state index contributed by atoms with van der Waals surface area (Å²) in [6.07, 6.45) is 2.05. The molecule has 0 bridgehead atoms. The van der Waals surface area contributed by atoms with Crippen molar-refractivity contribution in [2.24, 2.45) is 0 Å². The van der Waals surface area contributed by atoms with E-state index >= 15 is 0 Å². The fourth-order valence-electron chi connectivity index (χ4n) is 1.19. The van der Waals surface area contributed by atoms with Crippen LogP contribution >= 0.6 is 12.2 Å². The zero-order valence-electron chi connectivity index (χ0n) is 9.44. The first-order valence-electron chi connectivity index (χ1n) is 5.30. The van der Waals surface area contributed by atoms with Gasteiger partial charge in [0.15, 0.2) is 0 Å². The maximum absolute atomic E-state index is 13.6. The fraction of sp³-hybridized carbons (Fsp3) is 0.364. The van der Waals surface area contributed by atoms with Crippen molar-refractivity contribution in [3.8, 4) is 0 Å². The summed E-state index contributed by atoms with van der Waals surface area (Å²) in [4.78, 5) is 0. The minimum absolute atomic E-state index is 0.00800. The van der Waals surface area contributed by atoms with Gasteiger partial charge in [-0.15, -0.1) is 0 Å². The number of benzene rings is 1. The van der Waals surface area contributed by atoms with Crippen LogP contribution in [0.15, 0.2) is 12.1 Å². The van der Waals surface area contributed by atoms with Gasteiger partial charge in [0.05, 0.1) is 0 Å². The zero-order valence-corrected chi connectivity index (χ0v) is 11.8. The monoisotopic (exact) mass is 291 g/mol. The van der Waals surface area contributed by atoms with Crippen molar-refractivity contribution in [3.05, 3.63) is 23.8 Å². The van der Waals surface area contributed by atoms with Crippen molar-refractivity contribution >= 4 is 26.9 Å². The summed E-state index contributed by atoms with van der Waals surface area (Å²) in [7, 11) is 0. The average molecular weight is 291 g/mol. The molecule has 0 atom stereocenters. The molecule has 0 aliphatic carbocycles. The van der Waals surface area contributed by atoms with Gasteiger partial charge in [0.2, 0.25) is 0 Å². The van der Waals surface area contributed by atoms with Crippen LogP contribution in [0.2, 0.25) is 0 Å². The summed E-state index contributed by atoms with van der Waals surface area (Å²) in [6.45, 7) is 2.81. The summed E-state index contributed by atoms with van der Waals surface area (Å²) >= 11 is 6.39. The van der Waals surface area contributed by atoms with E-state index in [0.29, 0.717) is 5.11 Å².